The van der Waals surface area contributed by atoms with E-state index in [-0.39, 0.29) is 22.5 Å². The van der Waals surface area contributed by atoms with Crippen LogP contribution in [0.5, 0.6) is 11.5 Å². The number of aromatic nitrogens is 2. The molecule has 0 saturated carbocycles. The van der Waals surface area contributed by atoms with Gasteiger partial charge in [0.1, 0.15) is 5.75 Å². The van der Waals surface area contributed by atoms with Crippen molar-refractivity contribution < 1.29 is 22.7 Å². The average molecular weight is 473 g/mol. The molecule has 1 aliphatic rings. The molecule has 3 rings (SSSR count). The summed E-state index contributed by atoms with van der Waals surface area (Å²) < 4.78 is 43.3. The molecule has 0 bridgehead atoms. The SMILES string of the molecule is CCC1(NC(=O)CBr)CCN(c2cccc(Oc3cnc(C(F)(F)F)nc3)c2)C1. The van der Waals surface area contributed by atoms with E-state index in [9.17, 15) is 18.0 Å². The molecule has 10 heteroatoms. The van der Waals surface area contributed by atoms with Crippen molar-refractivity contribution in [1.29, 1.82) is 0 Å². The van der Waals surface area contributed by atoms with Gasteiger partial charge in [-0.1, -0.05) is 28.9 Å². The summed E-state index contributed by atoms with van der Waals surface area (Å²) in [5.41, 5.74) is 0.613. The second-order valence-corrected chi connectivity index (χ2v) is 7.39. The average Bonchev–Trinajstić information content (AvgIpc) is 3.12. The number of hydrogen-bond donors (Lipinski definition) is 1. The molecule has 1 aliphatic heterocycles. The van der Waals surface area contributed by atoms with Crippen molar-refractivity contribution in [1.82, 2.24) is 15.3 Å². The van der Waals surface area contributed by atoms with Gasteiger partial charge in [0, 0.05) is 24.8 Å². The van der Waals surface area contributed by atoms with Crippen molar-refractivity contribution in [3.63, 3.8) is 0 Å². The van der Waals surface area contributed by atoms with Gasteiger partial charge in [-0.15, -0.1) is 0 Å². The molecular formula is C19H20BrF3N4O2. The summed E-state index contributed by atoms with van der Waals surface area (Å²) in [6.45, 7) is 3.47. The summed E-state index contributed by atoms with van der Waals surface area (Å²) in [6, 6.07) is 7.24. The van der Waals surface area contributed by atoms with Crippen molar-refractivity contribution in [3.05, 3.63) is 42.5 Å². The van der Waals surface area contributed by atoms with Crippen LogP contribution in [0.25, 0.3) is 0 Å². The lowest BCUT2D eigenvalue weighted by Gasteiger charge is -2.29. The standard InChI is InChI=1S/C19H20BrF3N4O2/c1-2-18(26-16(28)9-20)6-7-27(12-18)13-4-3-5-14(8-13)29-15-10-24-17(25-11-15)19(21,22)23/h3-5,8,10-11H,2,6-7,9,12H2,1H3,(H,26,28). The van der Waals surface area contributed by atoms with Crippen LogP contribution in [0.3, 0.4) is 0 Å². The highest BCUT2D eigenvalue weighted by molar-refractivity contribution is 9.09. The number of nitrogens with zero attached hydrogens (tertiary/aromatic N) is 3. The molecule has 1 atom stereocenters. The summed E-state index contributed by atoms with van der Waals surface area (Å²) in [5.74, 6) is -0.682. The summed E-state index contributed by atoms with van der Waals surface area (Å²) in [7, 11) is 0. The third-order valence-corrected chi connectivity index (χ3v) is 5.37. The highest BCUT2D eigenvalue weighted by Gasteiger charge is 2.38. The lowest BCUT2D eigenvalue weighted by molar-refractivity contribution is -0.145. The molecule has 0 radical (unpaired) electrons. The number of ether oxygens (including phenoxy) is 1. The van der Waals surface area contributed by atoms with E-state index in [1.165, 1.54) is 0 Å². The summed E-state index contributed by atoms with van der Waals surface area (Å²) in [5, 5.41) is 3.35. The minimum atomic E-state index is -4.59. The van der Waals surface area contributed by atoms with Crippen LogP contribution >= 0.6 is 15.9 Å². The number of anilines is 1. The smallest absolute Gasteiger partial charge is 0.451 e. The van der Waals surface area contributed by atoms with Crippen LogP contribution in [0.15, 0.2) is 36.7 Å². The molecule has 0 spiro atoms. The van der Waals surface area contributed by atoms with Gasteiger partial charge in [-0.3, -0.25) is 4.79 Å². The Morgan fingerprint density at radius 3 is 2.66 bits per heavy atom. The van der Waals surface area contributed by atoms with E-state index in [2.05, 4.69) is 36.1 Å². The predicted octanol–water partition coefficient (Wildman–Crippen LogP) is 4.16. The third kappa shape index (κ3) is 5.17. The first-order valence-corrected chi connectivity index (χ1v) is 10.2. The number of carbonyl (C=O) groups excluding carboxylic acids is 1. The molecule has 0 aliphatic carbocycles. The molecule has 1 amide bonds. The monoisotopic (exact) mass is 472 g/mol. The maximum atomic E-state index is 12.6. The van der Waals surface area contributed by atoms with Crippen LogP contribution in [0.4, 0.5) is 18.9 Å². The Morgan fingerprint density at radius 1 is 1.31 bits per heavy atom. The molecule has 156 valence electrons. The van der Waals surface area contributed by atoms with Gasteiger partial charge in [-0.05, 0) is 25.0 Å². The van der Waals surface area contributed by atoms with E-state index >= 15 is 0 Å². The number of hydrogen-bond acceptors (Lipinski definition) is 5. The number of halogens is 4. The summed E-state index contributed by atoms with van der Waals surface area (Å²) in [4.78, 5) is 20.6. The Kier molecular flexibility index (Phi) is 6.30. The quantitative estimate of drug-likeness (QED) is 0.639. The predicted molar refractivity (Wildman–Crippen MR) is 105 cm³/mol. The van der Waals surface area contributed by atoms with Gasteiger partial charge in [-0.25, -0.2) is 9.97 Å². The number of nitrogens with one attached hydrogen (secondary N) is 1. The Bertz CT molecular complexity index is 863. The van der Waals surface area contributed by atoms with E-state index in [0.717, 1.165) is 37.5 Å². The highest BCUT2D eigenvalue weighted by atomic mass is 79.9. The fourth-order valence-electron chi connectivity index (χ4n) is 3.30. The number of carbonyl (C=O) groups is 1. The van der Waals surface area contributed by atoms with Crippen LogP contribution in [0.1, 0.15) is 25.6 Å². The van der Waals surface area contributed by atoms with Crippen molar-refractivity contribution in [2.75, 3.05) is 23.3 Å². The van der Waals surface area contributed by atoms with Crippen LogP contribution in [-0.2, 0) is 11.0 Å². The van der Waals surface area contributed by atoms with Gasteiger partial charge >= 0.3 is 6.18 Å². The third-order valence-electron chi connectivity index (χ3n) is 4.86. The van der Waals surface area contributed by atoms with Crippen molar-refractivity contribution in [2.45, 2.75) is 31.5 Å². The van der Waals surface area contributed by atoms with Crippen LogP contribution in [0, 0.1) is 0 Å². The van der Waals surface area contributed by atoms with Gasteiger partial charge in [0.25, 0.3) is 0 Å². The lowest BCUT2D eigenvalue weighted by Crippen LogP contribution is -2.50. The molecule has 6 nitrogen and oxygen atoms in total. The number of amides is 1. The molecule has 1 aromatic heterocycles. The van der Waals surface area contributed by atoms with Gasteiger partial charge in [0.2, 0.25) is 11.7 Å². The minimum Gasteiger partial charge on any atom is -0.454 e. The Morgan fingerprint density at radius 2 is 2.03 bits per heavy atom. The first-order valence-electron chi connectivity index (χ1n) is 9.04. The molecule has 1 unspecified atom stereocenters. The maximum Gasteiger partial charge on any atom is 0.451 e. The Hall–Kier alpha value is -2.36. The van der Waals surface area contributed by atoms with Crippen molar-refractivity contribution in [2.24, 2.45) is 0 Å². The van der Waals surface area contributed by atoms with Gasteiger partial charge in [0.05, 0.1) is 23.3 Å². The van der Waals surface area contributed by atoms with Crippen molar-refractivity contribution >= 4 is 27.5 Å². The molecular weight excluding hydrogens is 453 g/mol. The van der Waals surface area contributed by atoms with Crippen LogP contribution in [0.2, 0.25) is 0 Å². The number of rotatable bonds is 6. The van der Waals surface area contributed by atoms with Crippen LogP contribution < -0.4 is 15.0 Å². The normalized spacial score (nSPS) is 19.3. The maximum absolute atomic E-state index is 12.6. The van der Waals surface area contributed by atoms with E-state index in [1.54, 1.807) is 18.2 Å². The number of benzene rings is 1. The zero-order valence-corrected chi connectivity index (χ0v) is 17.3. The van der Waals surface area contributed by atoms with Gasteiger partial charge in [0.15, 0.2) is 5.75 Å². The fourth-order valence-corrected chi connectivity index (χ4v) is 3.44. The van der Waals surface area contributed by atoms with Crippen molar-refractivity contribution in [3.8, 4) is 11.5 Å². The van der Waals surface area contributed by atoms with Crippen LogP contribution in [-0.4, -0.2) is 39.8 Å². The Balaban J connectivity index is 1.71. The van der Waals surface area contributed by atoms with Gasteiger partial charge < -0.3 is 15.0 Å². The molecule has 2 heterocycles. The second kappa shape index (κ2) is 8.56. The van der Waals surface area contributed by atoms with E-state index in [1.807, 2.05) is 13.0 Å². The largest absolute Gasteiger partial charge is 0.454 e. The first-order chi connectivity index (χ1) is 13.7. The molecule has 2 aromatic rings. The summed E-state index contributed by atoms with van der Waals surface area (Å²) in [6.07, 6.45) is -0.974. The molecule has 1 N–H and O–H groups in total. The Labute approximate surface area is 174 Å². The van der Waals surface area contributed by atoms with E-state index in [0.29, 0.717) is 12.3 Å². The zero-order chi connectivity index (χ0) is 21.1. The minimum absolute atomic E-state index is 0.0481. The van der Waals surface area contributed by atoms with E-state index in [4.69, 9.17) is 4.74 Å². The topological polar surface area (TPSA) is 67.4 Å². The molecule has 1 aromatic carbocycles. The summed E-state index contributed by atoms with van der Waals surface area (Å²) >= 11 is 3.18. The lowest BCUT2D eigenvalue weighted by atomic mass is 9.95. The molecule has 1 fully saturated rings. The fraction of sp³-hybridized carbons (Fsp3) is 0.421. The van der Waals surface area contributed by atoms with E-state index < -0.39 is 12.0 Å². The zero-order valence-electron chi connectivity index (χ0n) is 15.7. The number of alkyl halides is 4. The first kappa shape index (κ1) is 21.4. The van der Waals surface area contributed by atoms with Gasteiger partial charge in [-0.2, -0.15) is 13.2 Å². The molecule has 29 heavy (non-hydrogen) atoms. The second-order valence-electron chi connectivity index (χ2n) is 6.83. The highest BCUT2D eigenvalue weighted by Crippen LogP contribution is 2.32. The molecule has 1 saturated heterocycles.